The minimum absolute atomic E-state index is 0.818. The first-order chi connectivity index (χ1) is 6.81. The molecule has 0 amide bonds. The van der Waals surface area contributed by atoms with Gasteiger partial charge >= 0.3 is 5.82 Å². The summed E-state index contributed by atoms with van der Waals surface area (Å²) in [6.45, 7) is 0. The molecule has 2 rings (SSSR count). The molecule has 1 aromatic carbocycles. The van der Waals surface area contributed by atoms with Crippen LogP contribution >= 0.6 is 12.2 Å². The van der Waals surface area contributed by atoms with E-state index in [9.17, 15) is 0 Å². The Hall–Kier alpha value is -1.57. The number of aromatic nitrogens is 1. The van der Waals surface area contributed by atoms with E-state index in [2.05, 4.69) is 34.5 Å². The summed E-state index contributed by atoms with van der Waals surface area (Å²) in [5, 5.41) is 4.73. The highest BCUT2D eigenvalue weighted by molar-refractivity contribution is 7.78. The van der Waals surface area contributed by atoms with Gasteiger partial charge in [0.1, 0.15) is 0 Å². The third-order valence-electron chi connectivity index (χ3n) is 2.13. The molecule has 2 nitrogen and oxygen atoms in total. The lowest BCUT2D eigenvalue weighted by molar-refractivity contribution is -0.656. The monoisotopic (exact) mass is 201 g/mol. The predicted octanol–water partition coefficient (Wildman–Crippen LogP) is 2.40. The van der Waals surface area contributed by atoms with E-state index in [0.717, 1.165) is 11.2 Å². The van der Waals surface area contributed by atoms with E-state index < -0.39 is 0 Å². The van der Waals surface area contributed by atoms with E-state index in [1.165, 1.54) is 5.39 Å². The quantitative estimate of drug-likeness (QED) is 0.393. The topological polar surface area (TPSA) is 16.2 Å². The number of fused-ring (bicyclic) bond motifs is 1. The van der Waals surface area contributed by atoms with Crippen LogP contribution in [0.15, 0.2) is 41.5 Å². The highest BCUT2D eigenvalue weighted by Crippen LogP contribution is 2.15. The fourth-order valence-electron chi connectivity index (χ4n) is 1.43. The van der Waals surface area contributed by atoms with Crippen molar-refractivity contribution in [2.45, 2.75) is 0 Å². The van der Waals surface area contributed by atoms with E-state index in [0.29, 0.717) is 0 Å². The van der Waals surface area contributed by atoms with E-state index in [1.54, 1.807) is 0 Å². The zero-order valence-corrected chi connectivity index (χ0v) is 8.58. The van der Waals surface area contributed by atoms with Crippen LogP contribution < -0.4 is 4.57 Å². The maximum Gasteiger partial charge on any atom is 0.334 e. The van der Waals surface area contributed by atoms with Gasteiger partial charge in [0.15, 0.2) is 0 Å². The smallest absolute Gasteiger partial charge is 0.232 e. The van der Waals surface area contributed by atoms with Crippen molar-refractivity contribution < 1.29 is 4.57 Å². The summed E-state index contributed by atoms with van der Waals surface area (Å²) in [5.41, 5.74) is 0. The van der Waals surface area contributed by atoms with Crippen LogP contribution in [0.3, 0.4) is 0 Å². The first-order valence-corrected chi connectivity index (χ1v) is 4.68. The molecule has 0 atom stereocenters. The molecule has 68 valence electrons. The number of nitrogens with zero attached hydrogens (tertiary/aromatic N) is 2. The van der Waals surface area contributed by atoms with Crippen LogP contribution in [0.5, 0.6) is 0 Å². The van der Waals surface area contributed by atoms with Crippen molar-refractivity contribution in [2.24, 2.45) is 12.0 Å². The van der Waals surface area contributed by atoms with Crippen molar-refractivity contribution in [3.8, 4) is 0 Å². The van der Waals surface area contributed by atoms with Gasteiger partial charge in [-0.05, 0) is 5.39 Å². The highest BCUT2D eigenvalue weighted by atomic mass is 32.1. The molecular formula is C11H9N2S+. The van der Waals surface area contributed by atoms with Crippen LogP contribution in [-0.2, 0) is 7.05 Å². The van der Waals surface area contributed by atoms with Gasteiger partial charge in [-0.1, -0.05) is 24.3 Å². The third kappa shape index (κ3) is 1.55. The number of hydrogen-bond donors (Lipinski definition) is 0. The summed E-state index contributed by atoms with van der Waals surface area (Å²) in [6.07, 6.45) is 2.03. The molecule has 3 heteroatoms. The lowest BCUT2D eigenvalue weighted by Crippen LogP contribution is -2.27. The summed E-state index contributed by atoms with van der Waals surface area (Å²) in [4.78, 5) is 3.98. The average Bonchev–Trinajstić information content (AvgIpc) is 2.19. The van der Waals surface area contributed by atoms with Gasteiger partial charge in [-0.25, -0.2) is 4.57 Å². The van der Waals surface area contributed by atoms with Crippen LogP contribution in [0.25, 0.3) is 10.8 Å². The summed E-state index contributed by atoms with van der Waals surface area (Å²) < 4.78 is 1.93. The predicted molar refractivity (Wildman–Crippen MR) is 59.8 cm³/mol. The second-order valence-electron chi connectivity index (χ2n) is 3.07. The van der Waals surface area contributed by atoms with Gasteiger partial charge < -0.3 is 0 Å². The van der Waals surface area contributed by atoms with Crippen LogP contribution in [0.2, 0.25) is 0 Å². The molecule has 0 fully saturated rings. The number of isothiocyanates is 1. The Labute approximate surface area is 87.5 Å². The molecule has 1 aromatic heterocycles. The number of rotatable bonds is 1. The second-order valence-corrected chi connectivity index (χ2v) is 3.26. The average molecular weight is 201 g/mol. The van der Waals surface area contributed by atoms with Gasteiger partial charge in [0.05, 0.1) is 13.2 Å². The molecular weight excluding hydrogens is 192 g/mol. The van der Waals surface area contributed by atoms with Crippen molar-refractivity contribution in [3.05, 3.63) is 36.5 Å². The maximum absolute atomic E-state index is 4.59. The zero-order valence-electron chi connectivity index (χ0n) is 7.77. The maximum atomic E-state index is 4.59. The van der Waals surface area contributed by atoms with Gasteiger partial charge in [-0.2, -0.15) is 0 Å². The van der Waals surface area contributed by atoms with E-state index in [-0.39, 0.29) is 0 Å². The minimum atomic E-state index is 0.818. The van der Waals surface area contributed by atoms with Crippen LogP contribution in [0, 0.1) is 0 Å². The number of benzene rings is 1. The fraction of sp³-hybridized carbons (Fsp3) is 0.0909. The number of pyridine rings is 1. The molecule has 1 heterocycles. The zero-order chi connectivity index (χ0) is 9.97. The number of aliphatic imine (C=N–C) groups is 1. The largest absolute Gasteiger partial charge is 0.334 e. The van der Waals surface area contributed by atoms with Crippen LogP contribution in [0.4, 0.5) is 5.82 Å². The van der Waals surface area contributed by atoms with Gasteiger partial charge in [0, 0.05) is 28.7 Å². The van der Waals surface area contributed by atoms with Crippen molar-refractivity contribution in [3.63, 3.8) is 0 Å². The Morgan fingerprint density at radius 1 is 1.29 bits per heavy atom. The second kappa shape index (κ2) is 3.66. The van der Waals surface area contributed by atoms with Crippen molar-refractivity contribution in [2.75, 3.05) is 0 Å². The summed E-state index contributed by atoms with van der Waals surface area (Å²) >= 11 is 4.59. The van der Waals surface area contributed by atoms with Crippen LogP contribution in [-0.4, -0.2) is 5.16 Å². The van der Waals surface area contributed by atoms with Crippen molar-refractivity contribution in [1.82, 2.24) is 0 Å². The normalized spacial score (nSPS) is 9.79. The first-order valence-electron chi connectivity index (χ1n) is 4.27. The standard InChI is InChI=1S/C11H9N2S/c1-13-7-10-5-3-2-4-9(10)6-11(13)12-8-14/h2-7H,1H3/q+1. The lowest BCUT2D eigenvalue weighted by Gasteiger charge is -1.97. The molecule has 0 saturated carbocycles. The lowest BCUT2D eigenvalue weighted by atomic mass is 10.2. The molecule has 0 N–H and O–H groups in total. The summed E-state index contributed by atoms with van der Waals surface area (Å²) in [7, 11) is 1.94. The minimum Gasteiger partial charge on any atom is -0.232 e. The summed E-state index contributed by atoms with van der Waals surface area (Å²) in [6, 6.07) is 10.1. The molecule has 0 saturated heterocycles. The number of aryl methyl sites for hydroxylation is 1. The van der Waals surface area contributed by atoms with Crippen LogP contribution in [0.1, 0.15) is 0 Å². The van der Waals surface area contributed by atoms with E-state index >= 15 is 0 Å². The molecule has 0 aliphatic heterocycles. The Balaban J connectivity index is 2.76. The fourth-order valence-corrected chi connectivity index (χ4v) is 1.53. The summed E-state index contributed by atoms with van der Waals surface area (Å²) in [5.74, 6) is 0.818. The number of hydrogen-bond acceptors (Lipinski definition) is 2. The molecule has 2 aromatic rings. The Bertz CT molecular complexity index is 528. The Morgan fingerprint density at radius 3 is 2.71 bits per heavy atom. The van der Waals surface area contributed by atoms with Gasteiger partial charge in [0.25, 0.3) is 0 Å². The number of thiocarbonyl (C=S) groups is 1. The van der Waals surface area contributed by atoms with E-state index in [1.807, 2.05) is 36.0 Å². The third-order valence-corrected chi connectivity index (χ3v) is 2.23. The highest BCUT2D eigenvalue weighted by Gasteiger charge is 2.05. The molecule has 0 aliphatic rings. The van der Waals surface area contributed by atoms with Crippen molar-refractivity contribution in [1.29, 1.82) is 0 Å². The van der Waals surface area contributed by atoms with Gasteiger partial charge in [-0.15, -0.1) is 0 Å². The molecule has 0 spiro atoms. The van der Waals surface area contributed by atoms with Gasteiger partial charge in [-0.3, -0.25) is 0 Å². The molecule has 0 unspecified atom stereocenters. The van der Waals surface area contributed by atoms with Crippen molar-refractivity contribution >= 4 is 34.0 Å². The molecule has 0 radical (unpaired) electrons. The first kappa shape index (κ1) is 9.00. The van der Waals surface area contributed by atoms with Gasteiger partial charge in [0.2, 0.25) is 5.16 Å². The molecule has 14 heavy (non-hydrogen) atoms. The molecule has 0 aliphatic carbocycles. The Kier molecular flexibility index (Phi) is 2.35. The van der Waals surface area contributed by atoms with E-state index in [4.69, 9.17) is 0 Å². The SMILES string of the molecule is C[n+]1cc2ccccc2cc1N=C=S. The molecule has 0 bridgehead atoms. The Morgan fingerprint density at radius 2 is 2.00 bits per heavy atom.